The number of nitrogens with one attached hydrogen (secondary N) is 1. The van der Waals surface area contributed by atoms with E-state index >= 15 is 0 Å². The first-order valence-electron chi connectivity index (χ1n) is 7.92. The number of amides is 1. The lowest BCUT2D eigenvalue weighted by molar-refractivity contribution is -0.117. The number of benzene rings is 2. The van der Waals surface area contributed by atoms with E-state index in [1.54, 1.807) is 42.3 Å². The molecule has 1 aliphatic heterocycles. The molecule has 0 aliphatic carbocycles. The van der Waals surface area contributed by atoms with Gasteiger partial charge in [0.25, 0.3) is 10.0 Å². The summed E-state index contributed by atoms with van der Waals surface area (Å²) in [7, 11) is -1.92. The highest BCUT2D eigenvalue weighted by Crippen LogP contribution is 2.30. The van der Waals surface area contributed by atoms with Crippen LogP contribution in [-0.2, 0) is 27.7 Å². The molecular weight excluding hydrogens is 324 g/mol. The van der Waals surface area contributed by atoms with Crippen molar-refractivity contribution in [1.29, 1.82) is 0 Å². The fourth-order valence-corrected chi connectivity index (χ4v) is 3.92. The average Bonchev–Trinajstić information content (AvgIpc) is 2.82. The highest BCUT2D eigenvalue weighted by Gasteiger charge is 2.24. The zero-order valence-electron chi connectivity index (χ0n) is 13.7. The maximum absolute atomic E-state index is 12.5. The number of carbonyl (C=O) groups is 1. The molecule has 1 amide bonds. The molecule has 0 unspecified atom stereocenters. The van der Waals surface area contributed by atoms with E-state index in [1.165, 1.54) is 0 Å². The topological polar surface area (TPSA) is 66.5 Å². The predicted octanol–water partition coefficient (Wildman–Crippen LogP) is 2.96. The fraction of sp³-hybridized carbons (Fsp3) is 0.278. The minimum Gasteiger partial charge on any atom is -0.315 e. The van der Waals surface area contributed by atoms with Crippen molar-refractivity contribution in [2.45, 2.75) is 31.1 Å². The molecule has 0 spiro atoms. The molecule has 0 saturated carbocycles. The van der Waals surface area contributed by atoms with Crippen LogP contribution in [0.5, 0.6) is 0 Å². The van der Waals surface area contributed by atoms with Gasteiger partial charge in [0.05, 0.1) is 11.3 Å². The molecule has 3 rings (SSSR count). The minimum atomic E-state index is -3.64. The summed E-state index contributed by atoms with van der Waals surface area (Å²) in [4.78, 5) is 13.5. The molecule has 0 saturated heterocycles. The lowest BCUT2D eigenvalue weighted by Gasteiger charge is -2.12. The Hall–Kier alpha value is -2.34. The van der Waals surface area contributed by atoms with Crippen LogP contribution in [0.2, 0.25) is 0 Å². The molecule has 0 atom stereocenters. The summed E-state index contributed by atoms with van der Waals surface area (Å²) in [6.45, 7) is 2.09. The summed E-state index contributed by atoms with van der Waals surface area (Å²) in [6.07, 6.45) is 2.25. The normalized spacial score (nSPS) is 13.9. The van der Waals surface area contributed by atoms with Gasteiger partial charge in [0.1, 0.15) is 0 Å². The van der Waals surface area contributed by atoms with Crippen LogP contribution in [0.25, 0.3) is 0 Å². The van der Waals surface area contributed by atoms with Crippen molar-refractivity contribution in [1.82, 2.24) is 0 Å². The molecule has 0 radical (unpaired) electrons. The van der Waals surface area contributed by atoms with Crippen molar-refractivity contribution in [3.63, 3.8) is 0 Å². The van der Waals surface area contributed by atoms with Crippen LogP contribution >= 0.6 is 0 Å². The number of rotatable bonds is 5. The van der Waals surface area contributed by atoms with Crippen LogP contribution in [0.1, 0.15) is 24.5 Å². The summed E-state index contributed by atoms with van der Waals surface area (Å²) >= 11 is 0. The van der Waals surface area contributed by atoms with Gasteiger partial charge in [0.2, 0.25) is 5.91 Å². The average molecular weight is 344 g/mol. The van der Waals surface area contributed by atoms with Crippen molar-refractivity contribution >= 4 is 27.3 Å². The van der Waals surface area contributed by atoms with E-state index in [0.29, 0.717) is 12.1 Å². The van der Waals surface area contributed by atoms with E-state index < -0.39 is 10.0 Å². The van der Waals surface area contributed by atoms with Gasteiger partial charge in [0.15, 0.2) is 0 Å². The number of aryl methyl sites for hydroxylation is 1. The van der Waals surface area contributed by atoms with Gasteiger partial charge < -0.3 is 4.90 Å². The molecule has 2 aromatic rings. The highest BCUT2D eigenvalue weighted by molar-refractivity contribution is 7.92. The summed E-state index contributed by atoms with van der Waals surface area (Å²) in [5.74, 6) is 0.0107. The Bertz CT molecular complexity index is 874. The Labute approximate surface area is 142 Å². The van der Waals surface area contributed by atoms with Crippen molar-refractivity contribution in [3.05, 3.63) is 53.6 Å². The molecule has 1 heterocycles. The molecule has 6 heteroatoms. The van der Waals surface area contributed by atoms with E-state index in [9.17, 15) is 13.2 Å². The Balaban J connectivity index is 1.82. The van der Waals surface area contributed by atoms with Gasteiger partial charge in [0, 0.05) is 18.4 Å². The second-order valence-corrected chi connectivity index (χ2v) is 7.65. The van der Waals surface area contributed by atoms with Crippen molar-refractivity contribution in [3.8, 4) is 0 Å². The summed E-state index contributed by atoms with van der Waals surface area (Å²) in [6, 6.07) is 12.1. The van der Waals surface area contributed by atoms with Crippen LogP contribution in [0.4, 0.5) is 11.4 Å². The number of hydrogen-bond donors (Lipinski definition) is 1. The Morgan fingerprint density at radius 3 is 2.50 bits per heavy atom. The Morgan fingerprint density at radius 2 is 1.83 bits per heavy atom. The third kappa shape index (κ3) is 3.14. The minimum absolute atomic E-state index is 0.0107. The van der Waals surface area contributed by atoms with Crippen molar-refractivity contribution in [2.75, 3.05) is 16.7 Å². The van der Waals surface area contributed by atoms with E-state index in [1.807, 2.05) is 12.1 Å². The molecular formula is C18H20N2O3S. The maximum atomic E-state index is 12.5. The van der Waals surface area contributed by atoms with Gasteiger partial charge in [-0.2, -0.15) is 0 Å². The number of anilines is 2. The van der Waals surface area contributed by atoms with Gasteiger partial charge in [-0.05, 0) is 47.9 Å². The third-order valence-corrected chi connectivity index (χ3v) is 5.58. The van der Waals surface area contributed by atoms with Crippen molar-refractivity contribution < 1.29 is 13.2 Å². The highest BCUT2D eigenvalue weighted by atomic mass is 32.2. The molecule has 0 fully saturated rings. The zero-order chi connectivity index (χ0) is 17.3. The van der Waals surface area contributed by atoms with E-state index in [4.69, 9.17) is 0 Å². The summed E-state index contributed by atoms with van der Waals surface area (Å²) in [5.41, 5.74) is 3.25. The van der Waals surface area contributed by atoms with Gasteiger partial charge >= 0.3 is 0 Å². The van der Waals surface area contributed by atoms with Crippen LogP contribution < -0.4 is 9.62 Å². The zero-order valence-corrected chi connectivity index (χ0v) is 14.6. The van der Waals surface area contributed by atoms with E-state index in [-0.39, 0.29) is 10.8 Å². The van der Waals surface area contributed by atoms with Gasteiger partial charge in [-0.25, -0.2) is 8.42 Å². The van der Waals surface area contributed by atoms with Crippen LogP contribution in [-0.4, -0.2) is 21.4 Å². The predicted molar refractivity (Wildman–Crippen MR) is 94.8 cm³/mol. The molecule has 2 aromatic carbocycles. The van der Waals surface area contributed by atoms with Gasteiger partial charge in [-0.15, -0.1) is 0 Å². The largest absolute Gasteiger partial charge is 0.315 e. The second kappa shape index (κ2) is 6.28. The fourth-order valence-electron chi connectivity index (χ4n) is 2.87. The lowest BCUT2D eigenvalue weighted by atomic mass is 10.1. The molecule has 0 bridgehead atoms. The lowest BCUT2D eigenvalue weighted by Crippen LogP contribution is -2.20. The van der Waals surface area contributed by atoms with Crippen molar-refractivity contribution in [2.24, 2.45) is 0 Å². The first kappa shape index (κ1) is 16.5. The number of nitrogens with zero attached hydrogens (tertiary/aromatic N) is 1. The summed E-state index contributed by atoms with van der Waals surface area (Å²) in [5, 5.41) is 0. The number of fused-ring (bicyclic) bond motifs is 1. The van der Waals surface area contributed by atoms with Gasteiger partial charge in [-0.1, -0.05) is 25.5 Å². The number of carbonyl (C=O) groups excluding carboxylic acids is 1. The Morgan fingerprint density at radius 1 is 1.12 bits per heavy atom. The molecule has 24 heavy (non-hydrogen) atoms. The molecule has 0 aromatic heterocycles. The van der Waals surface area contributed by atoms with Crippen LogP contribution in [0.15, 0.2) is 47.4 Å². The molecule has 126 valence electrons. The number of likely N-dealkylation sites (N-methyl/N-ethyl adjacent to an activating group) is 1. The Kier molecular flexibility index (Phi) is 4.32. The van der Waals surface area contributed by atoms with Crippen LogP contribution in [0.3, 0.4) is 0 Å². The third-order valence-electron chi connectivity index (χ3n) is 4.18. The smallest absolute Gasteiger partial charge is 0.261 e. The quantitative estimate of drug-likeness (QED) is 0.907. The molecule has 5 nitrogen and oxygen atoms in total. The van der Waals surface area contributed by atoms with E-state index in [0.717, 1.165) is 29.7 Å². The standard InChI is InChI=1S/C18H20N2O3S/c1-3-4-13-5-8-16(9-6-13)24(22,23)19-15-7-10-17-14(11-15)12-18(21)20(17)2/h5-11,19H,3-4,12H2,1-2H3. The second-order valence-electron chi connectivity index (χ2n) is 5.97. The number of hydrogen-bond acceptors (Lipinski definition) is 3. The van der Waals surface area contributed by atoms with Gasteiger partial charge in [-0.3, -0.25) is 9.52 Å². The maximum Gasteiger partial charge on any atom is 0.261 e. The summed E-state index contributed by atoms with van der Waals surface area (Å²) < 4.78 is 27.6. The first-order valence-corrected chi connectivity index (χ1v) is 9.40. The first-order chi connectivity index (χ1) is 11.4. The monoisotopic (exact) mass is 344 g/mol. The molecule has 1 N–H and O–H groups in total. The SMILES string of the molecule is CCCc1ccc(S(=O)(=O)Nc2ccc3c(c2)CC(=O)N3C)cc1. The molecule has 1 aliphatic rings. The number of sulfonamides is 1. The van der Waals surface area contributed by atoms with E-state index in [2.05, 4.69) is 11.6 Å². The van der Waals surface area contributed by atoms with Crippen LogP contribution in [0, 0.1) is 0 Å².